The van der Waals surface area contributed by atoms with Gasteiger partial charge < -0.3 is 5.32 Å². The van der Waals surface area contributed by atoms with Gasteiger partial charge in [0.15, 0.2) is 0 Å². The summed E-state index contributed by atoms with van der Waals surface area (Å²) >= 11 is 6.26. The van der Waals surface area contributed by atoms with Crippen LogP contribution >= 0.6 is 11.6 Å². The van der Waals surface area contributed by atoms with Crippen LogP contribution in [-0.4, -0.2) is 18.5 Å². The highest BCUT2D eigenvalue weighted by Gasteiger charge is 2.24. The van der Waals surface area contributed by atoms with Gasteiger partial charge in [0.2, 0.25) is 0 Å². The molecule has 1 aliphatic carbocycles. The quantitative estimate of drug-likeness (QED) is 0.407. The third-order valence-electron chi connectivity index (χ3n) is 4.18. The van der Waals surface area contributed by atoms with Gasteiger partial charge in [0.1, 0.15) is 0 Å². The van der Waals surface area contributed by atoms with Gasteiger partial charge in [-0.3, -0.25) is 0 Å². The summed E-state index contributed by atoms with van der Waals surface area (Å²) in [4.78, 5) is 0. The first kappa shape index (κ1) is 16.3. The van der Waals surface area contributed by atoms with Crippen molar-refractivity contribution in [3.05, 3.63) is 0 Å². The zero-order chi connectivity index (χ0) is 13.1. The Morgan fingerprint density at radius 1 is 0.944 bits per heavy atom. The monoisotopic (exact) mass is 273 g/mol. The zero-order valence-electron chi connectivity index (χ0n) is 12.2. The fraction of sp³-hybridized carbons (Fsp3) is 1.00. The number of unbranched alkanes of at least 4 members (excludes halogenated alkanes) is 7. The van der Waals surface area contributed by atoms with Crippen molar-refractivity contribution in [3.63, 3.8) is 0 Å². The maximum atomic E-state index is 6.26. The summed E-state index contributed by atoms with van der Waals surface area (Å²) in [6, 6.07) is 0. The summed E-state index contributed by atoms with van der Waals surface area (Å²) < 4.78 is 0. The van der Waals surface area contributed by atoms with Crippen LogP contribution in [-0.2, 0) is 0 Å². The van der Waals surface area contributed by atoms with Crippen LogP contribution in [0.1, 0.15) is 77.6 Å². The van der Waals surface area contributed by atoms with Gasteiger partial charge in [-0.1, -0.05) is 58.3 Å². The van der Waals surface area contributed by atoms with Gasteiger partial charge in [-0.2, -0.15) is 0 Å². The van der Waals surface area contributed by atoms with Crippen LogP contribution in [0.4, 0.5) is 0 Å². The van der Waals surface area contributed by atoms with Crippen LogP contribution in [0, 0.1) is 5.92 Å². The standard InChI is InChI=1S/C16H32ClN/c1-2-3-4-5-6-7-8-9-13-18-14-15-11-10-12-16(15)17/h15-16,18H,2-14H2,1H3. The largest absolute Gasteiger partial charge is 0.316 e. The second-order valence-electron chi connectivity index (χ2n) is 5.89. The molecule has 108 valence electrons. The second kappa shape index (κ2) is 11.1. The van der Waals surface area contributed by atoms with Gasteiger partial charge in [-0.05, 0) is 38.3 Å². The van der Waals surface area contributed by atoms with Gasteiger partial charge in [0.05, 0.1) is 0 Å². The Hall–Kier alpha value is 0.250. The molecule has 2 unspecified atom stereocenters. The highest BCUT2D eigenvalue weighted by Crippen LogP contribution is 2.29. The molecule has 1 N–H and O–H groups in total. The SMILES string of the molecule is CCCCCCCCCCNCC1CCCC1Cl. The van der Waals surface area contributed by atoms with Gasteiger partial charge in [-0.15, -0.1) is 11.6 Å². The molecule has 2 atom stereocenters. The molecule has 18 heavy (non-hydrogen) atoms. The minimum absolute atomic E-state index is 0.441. The van der Waals surface area contributed by atoms with Crippen molar-refractivity contribution in [1.82, 2.24) is 5.32 Å². The molecule has 0 heterocycles. The van der Waals surface area contributed by atoms with Crippen molar-refractivity contribution in [2.24, 2.45) is 5.92 Å². The maximum Gasteiger partial charge on any atom is 0.0376 e. The molecular weight excluding hydrogens is 242 g/mol. The number of rotatable bonds is 11. The molecule has 1 fully saturated rings. The predicted molar refractivity (Wildman–Crippen MR) is 82.5 cm³/mol. The first-order valence-corrected chi connectivity index (χ1v) is 8.63. The molecule has 0 bridgehead atoms. The molecule has 0 saturated heterocycles. The third-order valence-corrected chi connectivity index (χ3v) is 4.75. The van der Waals surface area contributed by atoms with E-state index in [-0.39, 0.29) is 0 Å². The summed E-state index contributed by atoms with van der Waals surface area (Å²) in [6.45, 7) is 4.61. The molecule has 1 rings (SSSR count). The van der Waals surface area contributed by atoms with Crippen molar-refractivity contribution >= 4 is 11.6 Å². The molecule has 1 saturated carbocycles. The first-order valence-electron chi connectivity index (χ1n) is 8.19. The van der Waals surface area contributed by atoms with Crippen molar-refractivity contribution in [2.75, 3.05) is 13.1 Å². The average Bonchev–Trinajstić information content (AvgIpc) is 2.77. The molecule has 2 heteroatoms. The molecule has 0 aromatic carbocycles. The van der Waals surface area contributed by atoms with Crippen molar-refractivity contribution < 1.29 is 0 Å². The Labute approximate surface area is 119 Å². The van der Waals surface area contributed by atoms with E-state index in [9.17, 15) is 0 Å². The fourth-order valence-corrected chi connectivity index (χ4v) is 3.26. The summed E-state index contributed by atoms with van der Waals surface area (Å²) in [5.74, 6) is 0.737. The molecule has 0 aliphatic heterocycles. The van der Waals surface area contributed by atoms with Gasteiger partial charge in [0.25, 0.3) is 0 Å². The summed E-state index contributed by atoms with van der Waals surface area (Å²) in [7, 11) is 0. The Bertz CT molecular complexity index is 184. The van der Waals surface area contributed by atoms with Crippen LogP contribution < -0.4 is 5.32 Å². The van der Waals surface area contributed by atoms with Crippen LogP contribution in [0.3, 0.4) is 0 Å². The Balaban J connectivity index is 1.76. The highest BCUT2D eigenvalue weighted by atomic mass is 35.5. The number of halogens is 1. The van der Waals surface area contributed by atoms with E-state index in [1.165, 1.54) is 77.2 Å². The average molecular weight is 274 g/mol. The number of alkyl halides is 1. The van der Waals surface area contributed by atoms with Gasteiger partial charge >= 0.3 is 0 Å². The molecule has 0 aromatic rings. The normalized spacial score (nSPS) is 23.7. The molecule has 1 aliphatic rings. The molecule has 0 radical (unpaired) electrons. The van der Waals surface area contributed by atoms with E-state index < -0.39 is 0 Å². The van der Waals surface area contributed by atoms with Crippen LogP contribution in [0.5, 0.6) is 0 Å². The van der Waals surface area contributed by atoms with E-state index >= 15 is 0 Å². The van der Waals surface area contributed by atoms with Crippen LogP contribution in [0.2, 0.25) is 0 Å². The smallest absolute Gasteiger partial charge is 0.0376 e. The highest BCUT2D eigenvalue weighted by molar-refractivity contribution is 6.20. The van der Waals surface area contributed by atoms with Gasteiger partial charge in [0, 0.05) is 5.38 Å². The van der Waals surface area contributed by atoms with E-state index in [4.69, 9.17) is 11.6 Å². The maximum absolute atomic E-state index is 6.26. The van der Waals surface area contributed by atoms with Crippen LogP contribution in [0.25, 0.3) is 0 Å². The fourth-order valence-electron chi connectivity index (χ4n) is 2.89. The molecule has 0 aromatic heterocycles. The van der Waals surface area contributed by atoms with Crippen molar-refractivity contribution in [1.29, 1.82) is 0 Å². The van der Waals surface area contributed by atoms with E-state index in [0.29, 0.717) is 5.38 Å². The lowest BCUT2D eigenvalue weighted by Crippen LogP contribution is -2.26. The van der Waals surface area contributed by atoms with E-state index in [1.807, 2.05) is 0 Å². The summed E-state index contributed by atoms with van der Waals surface area (Å²) in [6.07, 6.45) is 15.1. The molecular formula is C16H32ClN. The minimum atomic E-state index is 0.441. The Morgan fingerprint density at radius 2 is 1.61 bits per heavy atom. The minimum Gasteiger partial charge on any atom is -0.316 e. The lowest BCUT2D eigenvalue weighted by Gasteiger charge is -2.14. The van der Waals surface area contributed by atoms with Crippen molar-refractivity contribution in [3.8, 4) is 0 Å². The Morgan fingerprint density at radius 3 is 2.22 bits per heavy atom. The van der Waals surface area contributed by atoms with Crippen LogP contribution in [0.15, 0.2) is 0 Å². The third kappa shape index (κ3) is 7.63. The predicted octanol–water partition coefficient (Wildman–Crippen LogP) is 5.12. The lowest BCUT2D eigenvalue weighted by molar-refractivity contribution is 0.480. The van der Waals surface area contributed by atoms with Crippen molar-refractivity contribution in [2.45, 2.75) is 82.9 Å². The van der Waals surface area contributed by atoms with E-state index in [0.717, 1.165) is 12.5 Å². The molecule has 0 amide bonds. The number of hydrogen-bond acceptors (Lipinski definition) is 1. The first-order chi connectivity index (χ1) is 8.84. The van der Waals surface area contributed by atoms with Gasteiger partial charge in [-0.25, -0.2) is 0 Å². The number of nitrogens with one attached hydrogen (secondary N) is 1. The summed E-state index contributed by atoms with van der Waals surface area (Å²) in [5, 5.41) is 4.03. The zero-order valence-corrected chi connectivity index (χ0v) is 13.0. The summed E-state index contributed by atoms with van der Waals surface area (Å²) in [5.41, 5.74) is 0. The lowest BCUT2D eigenvalue weighted by atomic mass is 10.1. The molecule has 1 nitrogen and oxygen atoms in total. The number of hydrogen-bond donors (Lipinski definition) is 1. The second-order valence-corrected chi connectivity index (χ2v) is 6.45. The van der Waals surface area contributed by atoms with E-state index in [2.05, 4.69) is 12.2 Å². The molecule has 0 spiro atoms. The van der Waals surface area contributed by atoms with E-state index in [1.54, 1.807) is 0 Å². The Kier molecular flexibility index (Phi) is 10.1. The topological polar surface area (TPSA) is 12.0 Å².